The SMILES string of the molecule is CC(OC(=O)c1ccc(C(C)C)cc1)C(=O)Nc1sccc1C(N)=O. The van der Waals surface area contributed by atoms with E-state index in [0.717, 1.165) is 5.56 Å². The van der Waals surface area contributed by atoms with Gasteiger partial charge in [-0.3, -0.25) is 9.59 Å². The fourth-order valence-corrected chi connectivity index (χ4v) is 2.90. The monoisotopic (exact) mass is 360 g/mol. The second-order valence-corrected chi connectivity index (χ2v) is 6.76. The van der Waals surface area contributed by atoms with Crippen LogP contribution >= 0.6 is 11.3 Å². The number of carbonyl (C=O) groups is 3. The van der Waals surface area contributed by atoms with Crippen LogP contribution in [-0.2, 0) is 9.53 Å². The topological polar surface area (TPSA) is 98.5 Å². The van der Waals surface area contributed by atoms with Crippen molar-refractivity contribution in [1.29, 1.82) is 0 Å². The first kappa shape index (κ1) is 18.7. The number of nitrogens with two attached hydrogens (primary N) is 1. The van der Waals surface area contributed by atoms with Gasteiger partial charge in [-0.1, -0.05) is 26.0 Å². The molecule has 0 aliphatic heterocycles. The highest BCUT2D eigenvalue weighted by Gasteiger charge is 2.21. The molecule has 1 heterocycles. The van der Waals surface area contributed by atoms with Crippen molar-refractivity contribution in [2.24, 2.45) is 5.73 Å². The van der Waals surface area contributed by atoms with Gasteiger partial charge < -0.3 is 15.8 Å². The quantitative estimate of drug-likeness (QED) is 0.773. The molecule has 0 fully saturated rings. The predicted octanol–water partition coefficient (Wildman–Crippen LogP) is 3.15. The van der Waals surface area contributed by atoms with E-state index in [-0.39, 0.29) is 5.56 Å². The van der Waals surface area contributed by atoms with Gasteiger partial charge in [0, 0.05) is 0 Å². The Morgan fingerprint density at radius 3 is 2.28 bits per heavy atom. The summed E-state index contributed by atoms with van der Waals surface area (Å²) in [6, 6.07) is 8.59. The molecule has 0 saturated carbocycles. The smallest absolute Gasteiger partial charge is 0.338 e. The molecule has 1 atom stereocenters. The van der Waals surface area contributed by atoms with Gasteiger partial charge >= 0.3 is 5.97 Å². The molecule has 3 N–H and O–H groups in total. The molecule has 0 spiro atoms. The van der Waals surface area contributed by atoms with E-state index in [0.29, 0.717) is 16.5 Å². The number of nitrogens with one attached hydrogen (secondary N) is 1. The zero-order chi connectivity index (χ0) is 18.6. The number of esters is 1. The molecule has 0 saturated heterocycles. The van der Waals surface area contributed by atoms with Crippen LogP contribution < -0.4 is 11.1 Å². The molecule has 132 valence electrons. The number of carbonyl (C=O) groups excluding carboxylic acids is 3. The van der Waals surface area contributed by atoms with Crippen LogP contribution in [0.15, 0.2) is 35.7 Å². The van der Waals surface area contributed by atoms with Crippen molar-refractivity contribution in [2.45, 2.75) is 32.8 Å². The van der Waals surface area contributed by atoms with Crippen LogP contribution in [0.4, 0.5) is 5.00 Å². The summed E-state index contributed by atoms with van der Waals surface area (Å²) in [5.74, 6) is -1.39. The zero-order valence-corrected chi connectivity index (χ0v) is 15.1. The minimum Gasteiger partial charge on any atom is -0.449 e. The van der Waals surface area contributed by atoms with Crippen molar-refractivity contribution in [3.05, 3.63) is 52.4 Å². The van der Waals surface area contributed by atoms with E-state index >= 15 is 0 Å². The average Bonchev–Trinajstić information content (AvgIpc) is 3.03. The summed E-state index contributed by atoms with van der Waals surface area (Å²) in [6.45, 7) is 5.59. The van der Waals surface area contributed by atoms with Gasteiger partial charge in [-0.25, -0.2) is 4.79 Å². The summed E-state index contributed by atoms with van der Waals surface area (Å²) in [7, 11) is 0. The van der Waals surface area contributed by atoms with E-state index in [1.807, 2.05) is 12.1 Å². The average molecular weight is 360 g/mol. The van der Waals surface area contributed by atoms with Gasteiger partial charge in [0.15, 0.2) is 6.10 Å². The molecule has 2 rings (SSSR count). The maximum atomic E-state index is 12.2. The Morgan fingerprint density at radius 2 is 1.72 bits per heavy atom. The lowest BCUT2D eigenvalue weighted by Gasteiger charge is -2.14. The van der Waals surface area contributed by atoms with Gasteiger partial charge in [0.25, 0.3) is 11.8 Å². The van der Waals surface area contributed by atoms with Gasteiger partial charge in [-0.05, 0) is 42.0 Å². The number of anilines is 1. The van der Waals surface area contributed by atoms with Gasteiger partial charge in [0.2, 0.25) is 0 Å². The fourth-order valence-electron chi connectivity index (χ4n) is 2.10. The maximum Gasteiger partial charge on any atom is 0.338 e. The van der Waals surface area contributed by atoms with E-state index in [1.54, 1.807) is 17.5 Å². The number of hydrogen-bond donors (Lipinski definition) is 2. The first-order valence-corrected chi connectivity index (χ1v) is 8.66. The van der Waals surface area contributed by atoms with Crippen LogP contribution in [0.25, 0.3) is 0 Å². The standard InChI is InChI=1S/C18H20N2O4S/c1-10(2)12-4-6-13(7-5-12)18(23)24-11(3)16(22)20-17-14(15(19)21)8-9-25-17/h4-11H,1-3H3,(H2,19,21)(H,20,22). The minimum atomic E-state index is -1.01. The van der Waals surface area contributed by atoms with Crippen molar-refractivity contribution in [3.8, 4) is 0 Å². The van der Waals surface area contributed by atoms with Gasteiger partial charge in [-0.2, -0.15) is 0 Å². The van der Waals surface area contributed by atoms with Gasteiger partial charge in [0.05, 0.1) is 11.1 Å². The molecule has 1 aromatic carbocycles. The number of ether oxygens (including phenoxy) is 1. The molecule has 0 aliphatic carbocycles. The Balaban J connectivity index is 1.99. The lowest BCUT2D eigenvalue weighted by molar-refractivity contribution is -0.123. The van der Waals surface area contributed by atoms with Crippen molar-refractivity contribution in [2.75, 3.05) is 5.32 Å². The molecular formula is C18H20N2O4S. The number of benzene rings is 1. The van der Waals surface area contributed by atoms with Crippen LogP contribution in [-0.4, -0.2) is 23.9 Å². The highest BCUT2D eigenvalue weighted by atomic mass is 32.1. The Bertz CT molecular complexity index is 781. The minimum absolute atomic E-state index is 0.223. The summed E-state index contributed by atoms with van der Waals surface area (Å²) in [4.78, 5) is 35.6. The Kier molecular flexibility index (Phi) is 5.93. The maximum absolute atomic E-state index is 12.2. The van der Waals surface area contributed by atoms with Gasteiger partial charge in [0.1, 0.15) is 5.00 Å². The lowest BCUT2D eigenvalue weighted by atomic mass is 10.0. The molecule has 2 aromatic rings. The molecule has 1 aromatic heterocycles. The first-order valence-electron chi connectivity index (χ1n) is 7.78. The first-order chi connectivity index (χ1) is 11.8. The number of rotatable bonds is 6. The summed E-state index contributed by atoms with van der Waals surface area (Å²) < 4.78 is 5.19. The zero-order valence-electron chi connectivity index (χ0n) is 14.2. The summed E-state index contributed by atoms with van der Waals surface area (Å²) in [5, 5.41) is 4.53. The van der Waals surface area contributed by atoms with E-state index < -0.39 is 23.9 Å². The molecule has 7 heteroatoms. The molecule has 0 radical (unpaired) electrons. The third-order valence-electron chi connectivity index (χ3n) is 3.63. The Morgan fingerprint density at radius 1 is 1.08 bits per heavy atom. The fraction of sp³-hybridized carbons (Fsp3) is 0.278. The van der Waals surface area contributed by atoms with Gasteiger partial charge in [-0.15, -0.1) is 11.3 Å². The second kappa shape index (κ2) is 7.94. The number of primary amides is 1. The molecule has 6 nitrogen and oxygen atoms in total. The van der Waals surface area contributed by atoms with Crippen LogP contribution in [0.1, 0.15) is 53.0 Å². The second-order valence-electron chi connectivity index (χ2n) is 5.84. The number of hydrogen-bond acceptors (Lipinski definition) is 5. The van der Waals surface area contributed by atoms with Crippen LogP contribution in [0.2, 0.25) is 0 Å². The van der Waals surface area contributed by atoms with E-state index in [2.05, 4.69) is 19.2 Å². The molecule has 2 amide bonds. The third-order valence-corrected chi connectivity index (χ3v) is 4.46. The summed E-state index contributed by atoms with van der Waals surface area (Å²) >= 11 is 1.17. The Labute approximate surface area is 150 Å². The third kappa shape index (κ3) is 4.67. The number of amides is 2. The predicted molar refractivity (Wildman–Crippen MR) is 96.9 cm³/mol. The number of thiophene rings is 1. The summed E-state index contributed by atoms with van der Waals surface area (Å²) in [6.07, 6.45) is -1.01. The molecule has 1 unspecified atom stereocenters. The van der Waals surface area contributed by atoms with Crippen LogP contribution in [0.3, 0.4) is 0 Å². The van der Waals surface area contributed by atoms with Crippen LogP contribution in [0, 0.1) is 0 Å². The molecule has 0 aliphatic rings. The van der Waals surface area contributed by atoms with E-state index in [9.17, 15) is 14.4 Å². The van der Waals surface area contributed by atoms with Crippen molar-refractivity contribution < 1.29 is 19.1 Å². The van der Waals surface area contributed by atoms with Crippen molar-refractivity contribution in [3.63, 3.8) is 0 Å². The van der Waals surface area contributed by atoms with Crippen LogP contribution in [0.5, 0.6) is 0 Å². The van der Waals surface area contributed by atoms with Crippen molar-refractivity contribution >= 4 is 34.1 Å². The molecule has 0 bridgehead atoms. The molecule has 25 heavy (non-hydrogen) atoms. The molecular weight excluding hydrogens is 340 g/mol. The normalized spacial score (nSPS) is 11.8. The highest BCUT2D eigenvalue weighted by Crippen LogP contribution is 2.23. The summed E-state index contributed by atoms with van der Waals surface area (Å²) in [5.41, 5.74) is 6.94. The van der Waals surface area contributed by atoms with E-state index in [1.165, 1.54) is 24.3 Å². The van der Waals surface area contributed by atoms with Crippen molar-refractivity contribution in [1.82, 2.24) is 0 Å². The largest absolute Gasteiger partial charge is 0.449 e. The van der Waals surface area contributed by atoms with E-state index in [4.69, 9.17) is 10.5 Å². The Hall–Kier alpha value is -2.67. The highest BCUT2D eigenvalue weighted by molar-refractivity contribution is 7.14. The lowest BCUT2D eigenvalue weighted by Crippen LogP contribution is -2.30.